The van der Waals surface area contributed by atoms with Gasteiger partial charge in [-0.25, -0.2) is 4.79 Å². The van der Waals surface area contributed by atoms with Crippen LogP contribution in [0.3, 0.4) is 0 Å². The highest BCUT2D eigenvalue weighted by Gasteiger charge is 2.10. The summed E-state index contributed by atoms with van der Waals surface area (Å²) in [5, 5.41) is 9.37. The topological polar surface area (TPSA) is 77.4 Å². The molecule has 0 saturated heterocycles. The maximum atomic E-state index is 11.9. The number of methoxy groups -OCH3 is 2. The van der Waals surface area contributed by atoms with Crippen molar-refractivity contribution in [1.29, 1.82) is 0 Å². The van der Waals surface area contributed by atoms with Crippen molar-refractivity contribution < 1.29 is 14.3 Å². The molecule has 7 nitrogen and oxygen atoms in total. The van der Waals surface area contributed by atoms with E-state index in [0.717, 1.165) is 0 Å². The lowest BCUT2D eigenvalue weighted by Gasteiger charge is -2.11. The summed E-state index contributed by atoms with van der Waals surface area (Å²) in [5.41, 5.74) is 0.514. The Morgan fingerprint density at radius 2 is 2.00 bits per heavy atom. The van der Waals surface area contributed by atoms with Crippen molar-refractivity contribution in [2.45, 2.75) is 0 Å². The number of carbonyl (C=O) groups is 1. The Morgan fingerprint density at radius 3 is 2.60 bits per heavy atom. The molecule has 0 saturated carbocycles. The van der Waals surface area contributed by atoms with Gasteiger partial charge in [-0.15, -0.1) is 0 Å². The number of amides is 2. The number of ether oxygens (including phenoxy) is 2. The summed E-state index contributed by atoms with van der Waals surface area (Å²) in [7, 11) is 4.86. The van der Waals surface area contributed by atoms with Crippen LogP contribution in [0, 0.1) is 0 Å². The highest BCUT2D eigenvalue weighted by atomic mass is 16.5. The van der Waals surface area contributed by atoms with Gasteiger partial charge in [0.2, 0.25) is 0 Å². The van der Waals surface area contributed by atoms with Gasteiger partial charge >= 0.3 is 6.03 Å². The van der Waals surface area contributed by atoms with Gasteiger partial charge in [0, 0.05) is 25.4 Å². The smallest absolute Gasteiger partial charge is 0.325 e. The average molecular weight is 276 g/mol. The predicted octanol–water partition coefficient (Wildman–Crippen LogP) is 2.08. The van der Waals surface area contributed by atoms with E-state index in [4.69, 9.17) is 9.47 Å². The molecule has 2 N–H and O–H groups in total. The van der Waals surface area contributed by atoms with Gasteiger partial charge in [-0.2, -0.15) is 5.10 Å². The molecular weight excluding hydrogens is 260 g/mol. The molecule has 0 aliphatic heterocycles. The number of hydrogen-bond donors (Lipinski definition) is 2. The van der Waals surface area contributed by atoms with Gasteiger partial charge in [-0.05, 0) is 12.1 Å². The Hall–Kier alpha value is -2.70. The van der Waals surface area contributed by atoms with Crippen LogP contribution in [-0.4, -0.2) is 30.0 Å². The maximum absolute atomic E-state index is 11.9. The summed E-state index contributed by atoms with van der Waals surface area (Å²) in [6, 6.07) is 6.44. The highest BCUT2D eigenvalue weighted by molar-refractivity contribution is 6.00. The Balaban J connectivity index is 2.10. The lowest BCUT2D eigenvalue weighted by atomic mass is 10.2. The van der Waals surface area contributed by atoms with Gasteiger partial charge in [0.1, 0.15) is 11.5 Å². The fourth-order valence-electron chi connectivity index (χ4n) is 1.66. The number of anilines is 2. The molecule has 2 aromatic rings. The number of nitrogens with zero attached hydrogens (tertiary/aromatic N) is 2. The van der Waals surface area contributed by atoms with Gasteiger partial charge in [0.15, 0.2) is 5.82 Å². The molecule has 0 aliphatic rings. The molecule has 0 aliphatic carbocycles. The van der Waals surface area contributed by atoms with Gasteiger partial charge in [0.05, 0.1) is 19.9 Å². The molecule has 1 aromatic carbocycles. The maximum Gasteiger partial charge on any atom is 0.325 e. The molecule has 0 spiro atoms. The van der Waals surface area contributed by atoms with E-state index in [1.165, 1.54) is 7.11 Å². The summed E-state index contributed by atoms with van der Waals surface area (Å²) >= 11 is 0. The number of hydrogen-bond acceptors (Lipinski definition) is 4. The van der Waals surface area contributed by atoms with Gasteiger partial charge in [-0.3, -0.25) is 10.00 Å². The van der Waals surface area contributed by atoms with Crippen LogP contribution >= 0.6 is 0 Å². The second-order valence-electron chi connectivity index (χ2n) is 4.02. The van der Waals surface area contributed by atoms with Crippen LogP contribution < -0.4 is 20.1 Å². The summed E-state index contributed by atoms with van der Waals surface area (Å²) in [6.07, 6.45) is 1.74. The number of urea groups is 1. The molecule has 2 amide bonds. The lowest BCUT2D eigenvalue weighted by Crippen LogP contribution is -2.20. The van der Waals surface area contributed by atoms with Crippen molar-refractivity contribution in [1.82, 2.24) is 9.78 Å². The van der Waals surface area contributed by atoms with Crippen molar-refractivity contribution in [3.8, 4) is 11.5 Å². The van der Waals surface area contributed by atoms with Crippen molar-refractivity contribution in [3.63, 3.8) is 0 Å². The number of carbonyl (C=O) groups excluding carboxylic acids is 1. The monoisotopic (exact) mass is 276 g/mol. The van der Waals surface area contributed by atoms with Crippen molar-refractivity contribution >= 4 is 17.5 Å². The van der Waals surface area contributed by atoms with Crippen LogP contribution in [-0.2, 0) is 7.05 Å². The molecule has 1 aromatic heterocycles. The summed E-state index contributed by atoms with van der Waals surface area (Å²) in [5.74, 6) is 1.63. The molecule has 0 unspecified atom stereocenters. The van der Waals surface area contributed by atoms with E-state index in [-0.39, 0.29) is 0 Å². The van der Waals surface area contributed by atoms with Crippen molar-refractivity contribution in [2.24, 2.45) is 7.05 Å². The van der Waals surface area contributed by atoms with Gasteiger partial charge in [-0.1, -0.05) is 0 Å². The second-order valence-corrected chi connectivity index (χ2v) is 4.02. The SMILES string of the molecule is COc1ccc(OC)c(NC(=O)Nc2ccn(C)n2)c1. The van der Waals surface area contributed by atoms with Crippen molar-refractivity contribution in [2.75, 3.05) is 24.9 Å². The highest BCUT2D eigenvalue weighted by Crippen LogP contribution is 2.28. The summed E-state index contributed by atoms with van der Waals surface area (Å²) in [4.78, 5) is 11.9. The third-order valence-electron chi connectivity index (χ3n) is 2.61. The van der Waals surface area contributed by atoms with E-state index < -0.39 is 6.03 Å². The van der Waals surface area contributed by atoms with E-state index in [9.17, 15) is 4.79 Å². The first kappa shape index (κ1) is 13.7. The quantitative estimate of drug-likeness (QED) is 0.896. The minimum absolute atomic E-state index is 0.407. The van der Waals surface area contributed by atoms with Crippen LogP contribution in [0.2, 0.25) is 0 Å². The summed E-state index contributed by atoms with van der Waals surface area (Å²) in [6.45, 7) is 0. The Morgan fingerprint density at radius 1 is 1.20 bits per heavy atom. The molecule has 1 heterocycles. The Kier molecular flexibility index (Phi) is 4.09. The fourth-order valence-corrected chi connectivity index (χ4v) is 1.66. The van der Waals surface area contributed by atoms with E-state index in [1.807, 2.05) is 0 Å². The van der Waals surface area contributed by atoms with Gasteiger partial charge < -0.3 is 14.8 Å². The first-order chi connectivity index (χ1) is 9.62. The minimum Gasteiger partial charge on any atom is -0.497 e. The third-order valence-corrected chi connectivity index (χ3v) is 2.61. The van der Waals surface area contributed by atoms with Crippen LogP contribution in [0.5, 0.6) is 11.5 Å². The molecule has 0 atom stereocenters. The zero-order chi connectivity index (χ0) is 14.5. The van der Waals surface area contributed by atoms with E-state index in [2.05, 4.69) is 15.7 Å². The van der Waals surface area contributed by atoms with Crippen LogP contribution in [0.15, 0.2) is 30.5 Å². The second kappa shape index (κ2) is 5.96. The normalized spacial score (nSPS) is 9.95. The molecule has 7 heteroatoms. The Labute approximate surface area is 116 Å². The first-order valence-electron chi connectivity index (χ1n) is 5.92. The standard InChI is InChI=1S/C13H16N4O3/c1-17-7-6-12(16-17)15-13(18)14-10-8-9(19-2)4-5-11(10)20-3/h4-8H,1-3H3,(H2,14,15,16,18). The van der Waals surface area contributed by atoms with Crippen LogP contribution in [0.25, 0.3) is 0 Å². The largest absolute Gasteiger partial charge is 0.497 e. The van der Waals surface area contributed by atoms with Crippen molar-refractivity contribution in [3.05, 3.63) is 30.5 Å². The predicted molar refractivity (Wildman–Crippen MR) is 75.4 cm³/mol. The fraction of sp³-hybridized carbons (Fsp3) is 0.231. The summed E-state index contributed by atoms with van der Waals surface area (Å²) < 4.78 is 11.9. The molecule has 20 heavy (non-hydrogen) atoms. The number of aromatic nitrogens is 2. The first-order valence-corrected chi connectivity index (χ1v) is 5.92. The van der Waals surface area contributed by atoms with E-state index in [1.54, 1.807) is 49.3 Å². The van der Waals surface area contributed by atoms with E-state index in [0.29, 0.717) is 23.0 Å². The molecule has 106 valence electrons. The number of rotatable bonds is 4. The number of nitrogens with one attached hydrogen (secondary N) is 2. The Bertz CT molecular complexity index is 609. The molecule has 2 rings (SSSR count). The zero-order valence-electron chi connectivity index (χ0n) is 11.5. The lowest BCUT2D eigenvalue weighted by molar-refractivity contribution is 0.262. The molecule has 0 bridgehead atoms. The van der Waals surface area contributed by atoms with Crippen LogP contribution in [0.4, 0.5) is 16.3 Å². The molecule has 0 fully saturated rings. The van der Waals surface area contributed by atoms with Crippen LogP contribution in [0.1, 0.15) is 0 Å². The molecular formula is C13H16N4O3. The minimum atomic E-state index is -0.407. The van der Waals surface area contributed by atoms with E-state index >= 15 is 0 Å². The average Bonchev–Trinajstić information content (AvgIpc) is 2.83. The van der Waals surface area contributed by atoms with Gasteiger partial charge in [0.25, 0.3) is 0 Å². The zero-order valence-corrected chi connectivity index (χ0v) is 11.5. The number of benzene rings is 1. The molecule has 0 radical (unpaired) electrons. The number of aryl methyl sites for hydroxylation is 1. The third kappa shape index (κ3) is 3.19.